The van der Waals surface area contributed by atoms with Crippen molar-refractivity contribution in [2.24, 2.45) is 0 Å². The Bertz CT molecular complexity index is 1360. The van der Waals surface area contributed by atoms with Gasteiger partial charge in [0.25, 0.3) is 11.6 Å². The van der Waals surface area contributed by atoms with Gasteiger partial charge in [0.2, 0.25) is 0 Å². The zero-order chi connectivity index (χ0) is 24.2. The van der Waals surface area contributed by atoms with Crippen LogP contribution in [0.15, 0.2) is 78.2 Å². The number of hydrogen-bond donors (Lipinski definition) is 1. The smallest absolute Gasteiger partial charge is 0.293 e. The number of rotatable bonds is 7. The largest absolute Gasteiger partial charge is 0.366 e. The quantitative estimate of drug-likeness (QED) is 0.260. The van der Waals surface area contributed by atoms with Crippen LogP contribution >= 0.6 is 11.3 Å². The molecule has 7 nitrogen and oxygen atoms in total. The molecule has 0 bridgehead atoms. The lowest BCUT2D eigenvalue weighted by molar-refractivity contribution is -0.384. The van der Waals surface area contributed by atoms with Crippen molar-refractivity contribution in [3.8, 4) is 21.8 Å². The monoisotopic (exact) mass is 484 g/mol. The number of thiazole rings is 1. The third-order valence-electron chi connectivity index (χ3n) is 6.08. The summed E-state index contributed by atoms with van der Waals surface area (Å²) in [5.74, 6) is -0.341. The Balaban J connectivity index is 1.28. The number of carbonyl (C=O) groups is 1. The molecule has 0 radical (unpaired) electrons. The molecule has 0 unspecified atom stereocenters. The van der Waals surface area contributed by atoms with Gasteiger partial charge in [-0.15, -0.1) is 11.3 Å². The molecule has 1 N–H and O–H groups in total. The molecular formula is C27H24N4O3S. The summed E-state index contributed by atoms with van der Waals surface area (Å²) in [6.07, 6.45) is 2.04. The van der Waals surface area contributed by atoms with Gasteiger partial charge in [-0.1, -0.05) is 48.5 Å². The molecule has 2 heterocycles. The van der Waals surface area contributed by atoms with Crippen LogP contribution in [0.4, 0.5) is 11.4 Å². The number of nitrogens with zero attached hydrogens (tertiary/aromatic N) is 3. The van der Waals surface area contributed by atoms with Crippen LogP contribution in [0.25, 0.3) is 21.8 Å². The molecule has 1 aliphatic rings. The van der Waals surface area contributed by atoms with E-state index < -0.39 is 4.92 Å². The minimum absolute atomic E-state index is 0.0282. The maximum atomic E-state index is 12.8. The molecule has 1 saturated heterocycles. The normalized spacial score (nSPS) is 13.1. The van der Waals surface area contributed by atoms with Crippen LogP contribution in [-0.4, -0.2) is 28.9 Å². The molecule has 0 spiro atoms. The maximum Gasteiger partial charge on any atom is 0.293 e. The molecule has 5 rings (SSSR count). The van der Waals surface area contributed by atoms with Gasteiger partial charge in [0.15, 0.2) is 0 Å². The van der Waals surface area contributed by atoms with Crippen LogP contribution in [0.2, 0.25) is 0 Å². The van der Waals surface area contributed by atoms with E-state index in [2.05, 4.69) is 5.32 Å². The summed E-state index contributed by atoms with van der Waals surface area (Å²) in [7, 11) is 0. The molecule has 176 valence electrons. The van der Waals surface area contributed by atoms with Crippen molar-refractivity contribution in [1.29, 1.82) is 0 Å². The zero-order valence-corrected chi connectivity index (χ0v) is 19.8. The summed E-state index contributed by atoms with van der Waals surface area (Å²) in [6, 6.07) is 22.6. The Morgan fingerprint density at radius 1 is 1.00 bits per heavy atom. The van der Waals surface area contributed by atoms with Gasteiger partial charge in [-0.2, -0.15) is 0 Å². The second kappa shape index (κ2) is 10.1. The topological polar surface area (TPSA) is 88.4 Å². The molecular weight excluding hydrogens is 460 g/mol. The summed E-state index contributed by atoms with van der Waals surface area (Å²) in [5, 5.41) is 17.5. The third kappa shape index (κ3) is 5.07. The molecule has 1 amide bonds. The van der Waals surface area contributed by atoms with Crippen molar-refractivity contribution in [2.75, 3.05) is 18.0 Å². The van der Waals surface area contributed by atoms with E-state index in [1.807, 2.05) is 64.9 Å². The molecule has 8 heteroatoms. The van der Waals surface area contributed by atoms with Crippen molar-refractivity contribution >= 4 is 28.6 Å². The van der Waals surface area contributed by atoms with Crippen LogP contribution in [0.1, 0.15) is 28.8 Å². The highest BCUT2D eigenvalue weighted by Gasteiger charge is 2.23. The fraction of sp³-hybridized carbons (Fsp3) is 0.185. The fourth-order valence-corrected chi connectivity index (χ4v) is 5.11. The summed E-state index contributed by atoms with van der Waals surface area (Å²) >= 11 is 1.58. The molecule has 1 aliphatic heterocycles. The Hall–Kier alpha value is -4.04. The Morgan fingerprint density at radius 3 is 2.54 bits per heavy atom. The van der Waals surface area contributed by atoms with Crippen molar-refractivity contribution < 1.29 is 9.72 Å². The lowest BCUT2D eigenvalue weighted by Crippen LogP contribution is -2.24. The van der Waals surface area contributed by atoms with E-state index in [0.717, 1.165) is 53.3 Å². The molecule has 1 fully saturated rings. The van der Waals surface area contributed by atoms with Crippen molar-refractivity contribution in [3.63, 3.8) is 0 Å². The first-order chi connectivity index (χ1) is 17.1. The van der Waals surface area contributed by atoms with Gasteiger partial charge in [0.05, 0.1) is 10.6 Å². The lowest BCUT2D eigenvalue weighted by atomic mass is 10.1. The van der Waals surface area contributed by atoms with Crippen molar-refractivity contribution in [1.82, 2.24) is 10.3 Å². The highest BCUT2D eigenvalue weighted by atomic mass is 32.1. The first-order valence-electron chi connectivity index (χ1n) is 11.5. The number of amides is 1. The second-order valence-corrected chi connectivity index (χ2v) is 9.30. The minimum Gasteiger partial charge on any atom is -0.366 e. The predicted molar refractivity (Wildman–Crippen MR) is 139 cm³/mol. The highest BCUT2D eigenvalue weighted by molar-refractivity contribution is 7.13. The Labute approximate surface area is 207 Å². The Morgan fingerprint density at radius 2 is 1.77 bits per heavy atom. The van der Waals surface area contributed by atoms with Gasteiger partial charge in [0.1, 0.15) is 10.7 Å². The predicted octanol–water partition coefficient (Wildman–Crippen LogP) is 5.92. The van der Waals surface area contributed by atoms with E-state index in [4.69, 9.17) is 4.98 Å². The van der Waals surface area contributed by atoms with Gasteiger partial charge in [-0.3, -0.25) is 14.9 Å². The third-order valence-corrected chi connectivity index (χ3v) is 6.97. The average molecular weight is 485 g/mol. The van der Waals surface area contributed by atoms with E-state index in [0.29, 0.717) is 12.2 Å². The number of hydrogen-bond acceptors (Lipinski definition) is 6. The molecule has 4 aromatic rings. The second-order valence-electron chi connectivity index (χ2n) is 8.44. The molecule has 1 aromatic heterocycles. The van der Waals surface area contributed by atoms with Crippen LogP contribution in [0, 0.1) is 10.1 Å². The van der Waals surface area contributed by atoms with Crippen molar-refractivity contribution in [2.45, 2.75) is 19.4 Å². The van der Waals surface area contributed by atoms with E-state index >= 15 is 0 Å². The standard InChI is InChI=1S/C27H24N4O3S/c32-26(21-11-12-24(25(16-21)31(33)34)30-13-4-5-14-30)28-17-19-7-6-10-22(15-19)27-29-23(18-35-27)20-8-2-1-3-9-20/h1-3,6-12,15-16,18H,4-5,13-14,17H2,(H,28,32). The number of carbonyl (C=O) groups excluding carboxylic acids is 1. The van der Waals surface area contributed by atoms with Crippen LogP contribution in [0.5, 0.6) is 0 Å². The molecule has 3 aromatic carbocycles. The number of nitro groups is 1. The first-order valence-corrected chi connectivity index (χ1v) is 12.4. The fourth-order valence-electron chi connectivity index (χ4n) is 4.28. The van der Waals surface area contributed by atoms with Gasteiger partial charge in [0, 0.05) is 47.8 Å². The number of aromatic nitrogens is 1. The highest BCUT2D eigenvalue weighted by Crippen LogP contribution is 2.32. The summed E-state index contributed by atoms with van der Waals surface area (Å²) in [4.78, 5) is 30.8. The molecule has 0 atom stereocenters. The zero-order valence-electron chi connectivity index (χ0n) is 19.0. The van der Waals surface area contributed by atoms with E-state index in [-0.39, 0.29) is 17.2 Å². The summed E-state index contributed by atoms with van der Waals surface area (Å²) in [5.41, 5.74) is 4.74. The minimum atomic E-state index is -0.411. The molecule has 35 heavy (non-hydrogen) atoms. The number of nitrogens with one attached hydrogen (secondary N) is 1. The number of anilines is 1. The van der Waals surface area contributed by atoms with E-state index in [1.54, 1.807) is 23.5 Å². The van der Waals surface area contributed by atoms with Crippen LogP contribution < -0.4 is 10.2 Å². The van der Waals surface area contributed by atoms with E-state index in [9.17, 15) is 14.9 Å². The van der Waals surface area contributed by atoms with Crippen LogP contribution in [0.3, 0.4) is 0 Å². The maximum absolute atomic E-state index is 12.8. The van der Waals surface area contributed by atoms with Crippen LogP contribution in [-0.2, 0) is 6.54 Å². The number of nitro benzene ring substituents is 1. The molecule has 0 aliphatic carbocycles. The summed E-state index contributed by atoms with van der Waals surface area (Å²) < 4.78 is 0. The lowest BCUT2D eigenvalue weighted by Gasteiger charge is -2.17. The van der Waals surface area contributed by atoms with E-state index in [1.165, 1.54) is 6.07 Å². The number of benzene rings is 3. The first kappa shape index (κ1) is 22.7. The van der Waals surface area contributed by atoms with Gasteiger partial charge in [-0.05, 0) is 36.6 Å². The van der Waals surface area contributed by atoms with Gasteiger partial charge >= 0.3 is 0 Å². The molecule has 0 saturated carbocycles. The SMILES string of the molecule is O=C(NCc1cccc(-c2nc(-c3ccccc3)cs2)c1)c1ccc(N2CCCC2)c([N+](=O)[O-])c1. The van der Waals surface area contributed by atoms with Crippen molar-refractivity contribution in [3.05, 3.63) is 99.4 Å². The average Bonchev–Trinajstić information content (AvgIpc) is 3.61. The Kier molecular flexibility index (Phi) is 6.54. The van der Waals surface area contributed by atoms with Gasteiger partial charge in [-0.25, -0.2) is 4.98 Å². The summed E-state index contributed by atoms with van der Waals surface area (Å²) in [6.45, 7) is 1.91. The van der Waals surface area contributed by atoms with Gasteiger partial charge < -0.3 is 10.2 Å².